The summed E-state index contributed by atoms with van der Waals surface area (Å²) < 4.78 is 7.75. The summed E-state index contributed by atoms with van der Waals surface area (Å²) >= 11 is 0. The van der Waals surface area contributed by atoms with Crippen molar-refractivity contribution < 1.29 is 9.84 Å². The van der Waals surface area contributed by atoms with Crippen LogP contribution in [0.25, 0.3) is 11.0 Å². The lowest BCUT2D eigenvalue weighted by atomic mass is 10.3. The van der Waals surface area contributed by atoms with Gasteiger partial charge in [-0.3, -0.25) is 0 Å². The number of aliphatic hydroxyl groups excluding tert-OH is 1. The molecular formula is C17H18N2O2. The molecule has 3 rings (SSSR count). The number of para-hydroxylation sites is 3. The molecule has 21 heavy (non-hydrogen) atoms. The summed E-state index contributed by atoms with van der Waals surface area (Å²) in [7, 11) is 0. The van der Waals surface area contributed by atoms with Gasteiger partial charge in [-0.25, -0.2) is 4.98 Å². The molecule has 0 bridgehead atoms. The van der Waals surface area contributed by atoms with E-state index in [1.807, 2.05) is 59.2 Å². The molecule has 4 heteroatoms. The molecule has 1 N–H and O–H groups in total. The molecule has 0 unspecified atom stereocenters. The van der Waals surface area contributed by atoms with Crippen LogP contribution in [0.5, 0.6) is 5.75 Å². The Morgan fingerprint density at radius 2 is 1.81 bits per heavy atom. The van der Waals surface area contributed by atoms with Crippen LogP contribution >= 0.6 is 0 Å². The van der Waals surface area contributed by atoms with Crippen molar-refractivity contribution in [1.29, 1.82) is 0 Å². The van der Waals surface area contributed by atoms with Crippen LogP contribution in [0.15, 0.2) is 54.6 Å². The van der Waals surface area contributed by atoms with Gasteiger partial charge in [-0.1, -0.05) is 30.3 Å². The second kappa shape index (κ2) is 5.97. The average molecular weight is 282 g/mol. The van der Waals surface area contributed by atoms with E-state index < -0.39 is 6.10 Å². The van der Waals surface area contributed by atoms with E-state index in [0.29, 0.717) is 19.0 Å². The first-order valence-electron chi connectivity index (χ1n) is 7.07. The number of nitrogens with zero attached hydrogens (tertiary/aromatic N) is 2. The van der Waals surface area contributed by atoms with E-state index in [4.69, 9.17) is 4.74 Å². The van der Waals surface area contributed by atoms with Gasteiger partial charge in [0, 0.05) is 0 Å². The fourth-order valence-corrected chi connectivity index (χ4v) is 2.42. The van der Waals surface area contributed by atoms with Crippen LogP contribution < -0.4 is 4.74 Å². The number of ether oxygens (including phenoxy) is 1. The number of fused-ring (bicyclic) bond motifs is 1. The second-order valence-corrected chi connectivity index (χ2v) is 4.95. The van der Waals surface area contributed by atoms with Gasteiger partial charge in [-0.05, 0) is 31.2 Å². The maximum atomic E-state index is 9.90. The molecule has 4 nitrogen and oxygen atoms in total. The zero-order chi connectivity index (χ0) is 14.7. The van der Waals surface area contributed by atoms with Crippen molar-refractivity contribution in [3.63, 3.8) is 0 Å². The molecule has 0 aliphatic carbocycles. The van der Waals surface area contributed by atoms with Crippen LogP contribution in [-0.4, -0.2) is 21.3 Å². The number of imidazole rings is 1. The summed E-state index contributed by atoms with van der Waals surface area (Å²) in [6.07, 6.45) is -0.603. The highest BCUT2D eigenvalue weighted by molar-refractivity contribution is 5.76. The fourth-order valence-electron chi connectivity index (χ4n) is 2.42. The number of benzene rings is 2. The van der Waals surface area contributed by atoms with E-state index in [0.717, 1.165) is 16.8 Å². The van der Waals surface area contributed by atoms with Crippen LogP contribution in [0.2, 0.25) is 0 Å². The molecule has 1 heterocycles. The van der Waals surface area contributed by atoms with Crippen molar-refractivity contribution in [1.82, 2.24) is 9.55 Å². The third-order valence-electron chi connectivity index (χ3n) is 3.38. The summed E-state index contributed by atoms with van der Waals surface area (Å²) in [5.41, 5.74) is 1.91. The third-order valence-corrected chi connectivity index (χ3v) is 3.38. The quantitative estimate of drug-likeness (QED) is 0.782. The largest absolute Gasteiger partial charge is 0.492 e. The van der Waals surface area contributed by atoms with Crippen molar-refractivity contribution >= 4 is 11.0 Å². The molecular weight excluding hydrogens is 264 g/mol. The Labute approximate surface area is 123 Å². The van der Waals surface area contributed by atoms with Crippen molar-refractivity contribution in [2.75, 3.05) is 6.61 Å². The molecule has 0 aliphatic rings. The van der Waals surface area contributed by atoms with Crippen LogP contribution in [0.3, 0.4) is 0 Å². The van der Waals surface area contributed by atoms with E-state index in [1.165, 1.54) is 0 Å². The average Bonchev–Trinajstić information content (AvgIpc) is 2.88. The van der Waals surface area contributed by atoms with Gasteiger partial charge in [-0.15, -0.1) is 0 Å². The highest BCUT2D eigenvalue weighted by atomic mass is 16.5. The zero-order valence-electron chi connectivity index (χ0n) is 11.9. The van der Waals surface area contributed by atoms with E-state index >= 15 is 0 Å². The first kappa shape index (κ1) is 13.6. The number of aliphatic hydroxyl groups is 1. The Morgan fingerprint density at radius 3 is 2.57 bits per heavy atom. The lowest BCUT2D eigenvalue weighted by Gasteiger charge is -2.12. The number of rotatable bonds is 5. The van der Waals surface area contributed by atoms with Gasteiger partial charge in [0.1, 0.15) is 24.3 Å². The Kier molecular flexibility index (Phi) is 3.88. The summed E-state index contributed by atoms with van der Waals surface area (Å²) in [6.45, 7) is 2.91. The molecule has 1 atom stereocenters. The topological polar surface area (TPSA) is 47.3 Å². The minimum Gasteiger partial charge on any atom is -0.492 e. The summed E-state index contributed by atoms with van der Waals surface area (Å²) in [5, 5.41) is 9.90. The monoisotopic (exact) mass is 282 g/mol. The maximum absolute atomic E-state index is 9.90. The lowest BCUT2D eigenvalue weighted by molar-refractivity contribution is 0.181. The number of aromatic nitrogens is 2. The van der Waals surface area contributed by atoms with Crippen molar-refractivity contribution in [3.05, 3.63) is 60.4 Å². The van der Waals surface area contributed by atoms with Gasteiger partial charge in [-0.2, -0.15) is 0 Å². The van der Waals surface area contributed by atoms with Crippen LogP contribution in [0, 0.1) is 0 Å². The van der Waals surface area contributed by atoms with Gasteiger partial charge in [0.05, 0.1) is 17.6 Å². The van der Waals surface area contributed by atoms with Crippen LogP contribution in [-0.2, 0) is 6.54 Å². The Morgan fingerprint density at radius 1 is 1.10 bits per heavy atom. The van der Waals surface area contributed by atoms with E-state index in [1.54, 1.807) is 6.92 Å². The van der Waals surface area contributed by atoms with Gasteiger partial charge in [0.15, 0.2) is 0 Å². The molecule has 3 aromatic rings. The highest BCUT2D eigenvalue weighted by Crippen LogP contribution is 2.20. The number of hydrogen-bond donors (Lipinski definition) is 1. The molecule has 108 valence electrons. The summed E-state index contributed by atoms with van der Waals surface area (Å²) in [5.74, 6) is 1.52. The normalized spacial score (nSPS) is 12.5. The van der Waals surface area contributed by atoms with E-state index in [2.05, 4.69) is 4.98 Å². The van der Waals surface area contributed by atoms with Gasteiger partial charge in [0.25, 0.3) is 0 Å². The molecule has 0 saturated carbocycles. The molecule has 2 aromatic carbocycles. The first-order chi connectivity index (χ1) is 10.3. The lowest BCUT2D eigenvalue weighted by Crippen LogP contribution is -2.12. The Hall–Kier alpha value is -2.33. The van der Waals surface area contributed by atoms with Crippen LogP contribution in [0.4, 0.5) is 0 Å². The molecule has 0 aliphatic heterocycles. The predicted molar refractivity (Wildman–Crippen MR) is 82.3 cm³/mol. The van der Waals surface area contributed by atoms with Gasteiger partial charge in [0.2, 0.25) is 0 Å². The van der Waals surface area contributed by atoms with Gasteiger partial charge >= 0.3 is 0 Å². The van der Waals surface area contributed by atoms with Crippen molar-refractivity contribution in [3.8, 4) is 5.75 Å². The standard InChI is InChI=1S/C17H18N2O2/c1-13(20)17-18-15-9-5-6-10-16(15)19(17)11-12-21-14-7-3-2-4-8-14/h2-10,13,20H,11-12H2,1H3/t13-/m1/s1. The maximum Gasteiger partial charge on any atom is 0.138 e. The van der Waals surface area contributed by atoms with E-state index in [9.17, 15) is 5.11 Å². The van der Waals surface area contributed by atoms with Crippen LogP contribution in [0.1, 0.15) is 18.9 Å². The molecule has 0 fully saturated rings. The molecule has 0 amide bonds. The first-order valence-corrected chi connectivity index (χ1v) is 7.07. The zero-order valence-corrected chi connectivity index (χ0v) is 11.9. The fraction of sp³-hybridized carbons (Fsp3) is 0.235. The summed E-state index contributed by atoms with van der Waals surface area (Å²) in [4.78, 5) is 4.50. The second-order valence-electron chi connectivity index (χ2n) is 4.95. The minimum atomic E-state index is -0.603. The predicted octanol–water partition coefficient (Wildman–Crippen LogP) is 3.17. The van der Waals surface area contributed by atoms with Crippen molar-refractivity contribution in [2.45, 2.75) is 19.6 Å². The SMILES string of the molecule is C[C@@H](O)c1nc2ccccc2n1CCOc1ccccc1. The third kappa shape index (κ3) is 2.90. The smallest absolute Gasteiger partial charge is 0.138 e. The highest BCUT2D eigenvalue weighted by Gasteiger charge is 2.14. The molecule has 0 saturated heterocycles. The Bertz CT molecular complexity index is 720. The van der Waals surface area contributed by atoms with E-state index in [-0.39, 0.29) is 0 Å². The molecule has 0 spiro atoms. The Balaban J connectivity index is 1.81. The van der Waals surface area contributed by atoms with Gasteiger partial charge < -0.3 is 14.4 Å². The molecule has 1 aromatic heterocycles. The van der Waals surface area contributed by atoms with Crippen molar-refractivity contribution in [2.24, 2.45) is 0 Å². The number of hydrogen-bond acceptors (Lipinski definition) is 3. The summed E-state index contributed by atoms with van der Waals surface area (Å²) in [6, 6.07) is 17.6. The minimum absolute atomic E-state index is 0.532. The molecule has 0 radical (unpaired) electrons.